The van der Waals surface area contributed by atoms with Crippen molar-refractivity contribution in [1.82, 2.24) is 10.2 Å². The summed E-state index contributed by atoms with van der Waals surface area (Å²) in [7, 11) is 0. The Bertz CT molecular complexity index is 379. The van der Waals surface area contributed by atoms with Crippen LogP contribution in [-0.4, -0.2) is 16.1 Å². The summed E-state index contributed by atoms with van der Waals surface area (Å²) in [5.74, 6) is 0.407. The molecule has 0 unspecified atom stereocenters. The Labute approximate surface area is 78.6 Å². The van der Waals surface area contributed by atoms with Crippen molar-refractivity contribution in [3.63, 3.8) is 0 Å². The van der Waals surface area contributed by atoms with Crippen LogP contribution in [0, 0.1) is 0 Å². The maximum absolute atomic E-state index is 11.4. The molecule has 0 aromatic carbocycles. The van der Waals surface area contributed by atoms with Gasteiger partial charge < -0.3 is 5.32 Å². The average Bonchev–Trinajstić information content (AvgIpc) is 2.74. The molecule has 1 amide bonds. The molecule has 0 radical (unpaired) electrons. The van der Waals surface area contributed by atoms with E-state index in [0.717, 1.165) is 0 Å². The van der Waals surface area contributed by atoms with Crippen molar-refractivity contribution in [2.24, 2.45) is 0 Å². The van der Waals surface area contributed by atoms with E-state index in [1.54, 1.807) is 23.7 Å². The molecule has 2 N–H and O–H groups in total. The van der Waals surface area contributed by atoms with Gasteiger partial charge in [0.25, 0.3) is 5.91 Å². The molecule has 4 nitrogen and oxygen atoms in total. The third-order valence-electron chi connectivity index (χ3n) is 1.53. The van der Waals surface area contributed by atoms with Crippen LogP contribution < -0.4 is 5.32 Å². The highest BCUT2D eigenvalue weighted by Crippen LogP contribution is 2.08. The molecule has 2 aromatic rings. The van der Waals surface area contributed by atoms with Crippen LogP contribution in [0.3, 0.4) is 0 Å². The van der Waals surface area contributed by atoms with Crippen molar-refractivity contribution in [2.45, 2.75) is 0 Å². The smallest absolute Gasteiger partial charge is 0.257 e. The number of carbonyl (C=O) groups excluding carboxylic acids is 1. The summed E-state index contributed by atoms with van der Waals surface area (Å²) in [6, 6.07) is 3.47. The van der Waals surface area contributed by atoms with Crippen molar-refractivity contribution in [1.29, 1.82) is 0 Å². The molecule has 2 aromatic heterocycles. The van der Waals surface area contributed by atoms with Gasteiger partial charge in [0.1, 0.15) is 0 Å². The van der Waals surface area contributed by atoms with Gasteiger partial charge in [-0.3, -0.25) is 9.89 Å². The van der Waals surface area contributed by atoms with E-state index in [1.165, 1.54) is 11.3 Å². The molecule has 0 spiro atoms. The maximum atomic E-state index is 11.4. The Balaban J connectivity index is 2.08. The zero-order valence-electron chi connectivity index (χ0n) is 6.65. The average molecular weight is 193 g/mol. The largest absolute Gasteiger partial charge is 0.305 e. The van der Waals surface area contributed by atoms with E-state index >= 15 is 0 Å². The number of nitrogens with zero attached hydrogens (tertiary/aromatic N) is 1. The fraction of sp³-hybridized carbons (Fsp3) is 0. The molecule has 0 saturated carbocycles. The number of amides is 1. The number of hydrogen-bond acceptors (Lipinski definition) is 3. The molecule has 2 rings (SSSR count). The predicted molar refractivity (Wildman–Crippen MR) is 50.9 cm³/mol. The van der Waals surface area contributed by atoms with Gasteiger partial charge in [-0.1, -0.05) is 0 Å². The van der Waals surface area contributed by atoms with Crippen LogP contribution in [0.4, 0.5) is 5.82 Å². The van der Waals surface area contributed by atoms with Crippen LogP contribution in [-0.2, 0) is 0 Å². The van der Waals surface area contributed by atoms with E-state index in [9.17, 15) is 4.79 Å². The summed E-state index contributed by atoms with van der Waals surface area (Å²) in [5.41, 5.74) is 0.660. The lowest BCUT2D eigenvalue weighted by Gasteiger charge is -1.97. The number of aromatic amines is 1. The highest BCUT2D eigenvalue weighted by Gasteiger charge is 2.06. The van der Waals surface area contributed by atoms with Crippen molar-refractivity contribution >= 4 is 23.1 Å². The highest BCUT2D eigenvalue weighted by atomic mass is 32.1. The maximum Gasteiger partial charge on any atom is 0.257 e. The second-order valence-corrected chi connectivity index (χ2v) is 3.21. The molecule has 0 aliphatic rings. The molecule has 5 heteroatoms. The number of carbonyl (C=O) groups is 1. The minimum atomic E-state index is -0.131. The fourth-order valence-electron chi connectivity index (χ4n) is 0.912. The number of aromatic nitrogens is 2. The number of thiophene rings is 1. The first-order valence-corrected chi connectivity index (χ1v) is 4.64. The molecular formula is C8H7N3OS. The lowest BCUT2D eigenvalue weighted by Crippen LogP contribution is -2.10. The number of anilines is 1. The standard InChI is InChI=1S/C8H7N3OS/c12-8(6-2-4-13-5-6)10-7-1-3-9-11-7/h1-5H,(H2,9,10,11,12). The second kappa shape index (κ2) is 3.40. The van der Waals surface area contributed by atoms with E-state index in [1.807, 2.05) is 5.38 Å². The third-order valence-corrected chi connectivity index (χ3v) is 2.21. The predicted octanol–water partition coefficient (Wildman–Crippen LogP) is 1.72. The summed E-state index contributed by atoms with van der Waals surface area (Å²) in [4.78, 5) is 11.4. The molecular weight excluding hydrogens is 186 g/mol. The van der Waals surface area contributed by atoms with E-state index < -0.39 is 0 Å². The van der Waals surface area contributed by atoms with Gasteiger partial charge in [0, 0.05) is 17.6 Å². The van der Waals surface area contributed by atoms with E-state index in [4.69, 9.17) is 0 Å². The minimum absolute atomic E-state index is 0.131. The first kappa shape index (κ1) is 8.00. The highest BCUT2D eigenvalue weighted by molar-refractivity contribution is 7.08. The van der Waals surface area contributed by atoms with E-state index in [0.29, 0.717) is 11.4 Å². The Morgan fingerprint density at radius 1 is 1.54 bits per heavy atom. The molecule has 0 aliphatic carbocycles. The van der Waals surface area contributed by atoms with Crippen molar-refractivity contribution < 1.29 is 4.79 Å². The minimum Gasteiger partial charge on any atom is -0.305 e. The van der Waals surface area contributed by atoms with Crippen LogP contribution >= 0.6 is 11.3 Å². The van der Waals surface area contributed by atoms with Crippen LogP contribution in [0.15, 0.2) is 29.1 Å². The van der Waals surface area contributed by atoms with Crippen LogP contribution in [0.5, 0.6) is 0 Å². The van der Waals surface area contributed by atoms with Gasteiger partial charge in [0.05, 0.1) is 5.56 Å². The van der Waals surface area contributed by atoms with Crippen molar-refractivity contribution in [3.05, 3.63) is 34.7 Å². The third kappa shape index (κ3) is 1.75. The zero-order chi connectivity index (χ0) is 9.10. The summed E-state index contributed by atoms with van der Waals surface area (Å²) in [6.07, 6.45) is 1.66. The Hall–Kier alpha value is -1.62. The Kier molecular flexibility index (Phi) is 2.09. The summed E-state index contributed by atoms with van der Waals surface area (Å²) >= 11 is 1.49. The van der Waals surface area contributed by atoms with E-state index in [-0.39, 0.29) is 5.91 Å². The first-order valence-electron chi connectivity index (χ1n) is 3.69. The molecule has 66 valence electrons. The first-order chi connectivity index (χ1) is 6.36. The number of nitrogens with one attached hydrogen (secondary N) is 2. The molecule has 0 bridgehead atoms. The quantitative estimate of drug-likeness (QED) is 0.763. The van der Waals surface area contributed by atoms with Gasteiger partial charge in [0.15, 0.2) is 5.82 Å². The summed E-state index contributed by atoms with van der Waals surface area (Å²) < 4.78 is 0. The van der Waals surface area contributed by atoms with Gasteiger partial charge in [-0.05, 0) is 11.4 Å². The normalized spacial score (nSPS) is 9.85. The fourth-order valence-corrected chi connectivity index (χ4v) is 1.55. The Morgan fingerprint density at radius 3 is 3.08 bits per heavy atom. The topological polar surface area (TPSA) is 57.8 Å². The molecule has 0 fully saturated rings. The zero-order valence-corrected chi connectivity index (χ0v) is 7.47. The van der Waals surface area contributed by atoms with Gasteiger partial charge in [-0.25, -0.2) is 0 Å². The van der Waals surface area contributed by atoms with Crippen molar-refractivity contribution in [2.75, 3.05) is 5.32 Å². The van der Waals surface area contributed by atoms with Gasteiger partial charge in [0.2, 0.25) is 0 Å². The second-order valence-electron chi connectivity index (χ2n) is 2.43. The number of hydrogen-bond donors (Lipinski definition) is 2. The summed E-state index contributed by atoms with van der Waals surface area (Å²) in [6.45, 7) is 0. The molecule has 0 aliphatic heterocycles. The van der Waals surface area contributed by atoms with Crippen molar-refractivity contribution in [3.8, 4) is 0 Å². The lowest BCUT2D eigenvalue weighted by atomic mass is 10.3. The molecule has 0 atom stereocenters. The molecule has 0 saturated heterocycles. The van der Waals surface area contributed by atoms with Gasteiger partial charge in [-0.15, -0.1) is 0 Å². The molecule has 13 heavy (non-hydrogen) atoms. The SMILES string of the molecule is O=C(Nc1cc[nH]n1)c1ccsc1. The monoisotopic (exact) mass is 193 g/mol. The number of H-pyrrole nitrogens is 1. The van der Waals surface area contributed by atoms with Gasteiger partial charge in [-0.2, -0.15) is 16.4 Å². The van der Waals surface area contributed by atoms with E-state index in [2.05, 4.69) is 15.5 Å². The number of rotatable bonds is 2. The van der Waals surface area contributed by atoms with Crippen LogP contribution in [0.2, 0.25) is 0 Å². The summed E-state index contributed by atoms with van der Waals surface area (Å²) in [5, 5.41) is 12.7. The Morgan fingerprint density at radius 2 is 2.46 bits per heavy atom. The lowest BCUT2D eigenvalue weighted by molar-refractivity contribution is 0.102. The van der Waals surface area contributed by atoms with Gasteiger partial charge >= 0.3 is 0 Å². The van der Waals surface area contributed by atoms with Crippen LogP contribution in [0.25, 0.3) is 0 Å². The van der Waals surface area contributed by atoms with Crippen LogP contribution in [0.1, 0.15) is 10.4 Å². The molecule has 2 heterocycles.